The highest BCUT2D eigenvalue weighted by Crippen LogP contribution is 2.20. The Labute approximate surface area is 167 Å². The Bertz CT molecular complexity index is 984. The SMILES string of the molecule is CCc1ccc([C@H](CNS(=O)(=O)c2ccc(S(=O)(=O)NC)cc2)N(C)C)cc1. The number of benzene rings is 2. The van der Waals surface area contributed by atoms with E-state index >= 15 is 0 Å². The van der Waals surface area contributed by atoms with Gasteiger partial charge in [-0.25, -0.2) is 26.3 Å². The molecule has 154 valence electrons. The van der Waals surface area contributed by atoms with Crippen LogP contribution in [0.5, 0.6) is 0 Å². The van der Waals surface area contributed by atoms with E-state index in [2.05, 4.69) is 16.4 Å². The van der Waals surface area contributed by atoms with Crippen molar-refractivity contribution in [2.45, 2.75) is 29.2 Å². The van der Waals surface area contributed by atoms with Gasteiger partial charge in [-0.05, 0) is 63.0 Å². The Morgan fingerprint density at radius 2 is 1.36 bits per heavy atom. The molecule has 0 bridgehead atoms. The molecule has 0 saturated heterocycles. The van der Waals surface area contributed by atoms with Gasteiger partial charge in [0.15, 0.2) is 0 Å². The summed E-state index contributed by atoms with van der Waals surface area (Å²) in [4.78, 5) is 1.98. The molecule has 0 aromatic heterocycles. The second-order valence-electron chi connectivity index (χ2n) is 6.61. The Morgan fingerprint density at radius 3 is 1.79 bits per heavy atom. The van der Waals surface area contributed by atoms with Crippen LogP contribution in [0.1, 0.15) is 24.1 Å². The molecule has 0 aliphatic rings. The van der Waals surface area contributed by atoms with Crippen LogP contribution in [0.15, 0.2) is 58.3 Å². The van der Waals surface area contributed by atoms with Crippen molar-refractivity contribution in [2.75, 3.05) is 27.7 Å². The number of hydrogen-bond donors (Lipinski definition) is 2. The monoisotopic (exact) mass is 425 g/mol. The largest absolute Gasteiger partial charge is 0.301 e. The molecule has 9 heteroatoms. The lowest BCUT2D eigenvalue weighted by Gasteiger charge is -2.25. The molecule has 0 heterocycles. The lowest BCUT2D eigenvalue weighted by Crippen LogP contribution is -2.34. The van der Waals surface area contributed by atoms with Gasteiger partial charge in [-0.2, -0.15) is 0 Å². The van der Waals surface area contributed by atoms with Crippen LogP contribution in [-0.2, 0) is 26.5 Å². The minimum Gasteiger partial charge on any atom is -0.301 e. The first kappa shape index (κ1) is 22.5. The number of likely N-dealkylation sites (N-methyl/N-ethyl adjacent to an activating group) is 1. The molecule has 0 saturated carbocycles. The van der Waals surface area contributed by atoms with Crippen LogP contribution in [0.3, 0.4) is 0 Å². The van der Waals surface area contributed by atoms with Gasteiger partial charge >= 0.3 is 0 Å². The Morgan fingerprint density at radius 1 is 0.857 bits per heavy atom. The molecular formula is C19H27N3O4S2. The van der Waals surface area contributed by atoms with Gasteiger partial charge in [0, 0.05) is 12.6 Å². The second-order valence-corrected chi connectivity index (χ2v) is 10.3. The number of sulfonamides is 2. The molecule has 0 unspecified atom stereocenters. The minimum atomic E-state index is -3.77. The number of nitrogens with zero attached hydrogens (tertiary/aromatic N) is 1. The first-order valence-electron chi connectivity index (χ1n) is 8.89. The van der Waals surface area contributed by atoms with Crippen LogP contribution in [0.2, 0.25) is 0 Å². The van der Waals surface area contributed by atoms with Gasteiger partial charge in [0.05, 0.1) is 9.79 Å². The standard InChI is InChI=1S/C19H27N3O4S2/c1-5-15-6-8-16(9-7-15)19(22(3)4)14-21-28(25,26)18-12-10-17(11-13-18)27(23,24)20-2/h6-13,19-21H,5,14H2,1-4H3/t19-/m0/s1. The van der Waals surface area contributed by atoms with Crippen LogP contribution in [0, 0.1) is 0 Å². The third-order valence-electron chi connectivity index (χ3n) is 4.58. The summed E-state index contributed by atoms with van der Waals surface area (Å²) >= 11 is 0. The summed E-state index contributed by atoms with van der Waals surface area (Å²) in [7, 11) is -2.29. The zero-order valence-electron chi connectivity index (χ0n) is 16.5. The van der Waals surface area contributed by atoms with E-state index in [0.717, 1.165) is 12.0 Å². The van der Waals surface area contributed by atoms with E-state index in [-0.39, 0.29) is 22.4 Å². The summed E-state index contributed by atoms with van der Waals surface area (Å²) in [5, 5.41) is 0. The van der Waals surface area contributed by atoms with Gasteiger partial charge in [0.25, 0.3) is 0 Å². The van der Waals surface area contributed by atoms with Crippen molar-refractivity contribution in [2.24, 2.45) is 0 Å². The lowest BCUT2D eigenvalue weighted by molar-refractivity contribution is 0.299. The van der Waals surface area contributed by atoms with Gasteiger partial charge in [0.2, 0.25) is 20.0 Å². The van der Waals surface area contributed by atoms with E-state index in [0.29, 0.717) is 0 Å². The van der Waals surface area contributed by atoms with Crippen LogP contribution in [0.25, 0.3) is 0 Å². The number of rotatable bonds is 9. The van der Waals surface area contributed by atoms with E-state index in [9.17, 15) is 16.8 Å². The lowest BCUT2D eigenvalue weighted by atomic mass is 10.0. The first-order valence-corrected chi connectivity index (χ1v) is 11.9. The topological polar surface area (TPSA) is 95.6 Å². The van der Waals surface area contributed by atoms with Crippen molar-refractivity contribution in [1.29, 1.82) is 0 Å². The fraction of sp³-hybridized carbons (Fsp3) is 0.368. The highest BCUT2D eigenvalue weighted by Gasteiger charge is 2.20. The van der Waals surface area contributed by atoms with E-state index in [1.165, 1.54) is 36.9 Å². The number of hydrogen-bond acceptors (Lipinski definition) is 5. The summed E-state index contributed by atoms with van der Waals surface area (Å²) in [5.41, 5.74) is 2.24. The number of nitrogens with one attached hydrogen (secondary N) is 2. The van der Waals surface area contributed by atoms with Crippen molar-refractivity contribution in [3.63, 3.8) is 0 Å². The molecule has 7 nitrogen and oxygen atoms in total. The molecule has 2 aromatic rings. The molecular weight excluding hydrogens is 398 g/mol. The average Bonchev–Trinajstić information content (AvgIpc) is 2.68. The summed E-state index contributed by atoms with van der Waals surface area (Å²) < 4.78 is 53.6. The smallest absolute Gasteiger partial charge is 0.240 e. The normalized spacial score (nSPS) is 13.6. The van der Waals surface area contributed by atoms with E-state index in [4.69, 9.17) is 0 Å². The Kier molecular flexibility index (Phi) is 7.35. The fourth-order valence-electron chi connectivity index (χ4n) is 2.76. The molecule has 0 amide bonds. The maximum Gasteiger partial charge on any atom is 0.240 e. The molecule has 0 fully saturated rings. The molecule has 28 heavy (non-hydrogen) atoms. The molecule has 2 N–H and O–H groups in total. The van der Waals surface area contributed by atoms with Gasteiger partial charge in [0.1, 0.15) is 0 Å². The number of aryl methyl sites for hydroxylation is 1. The quantitative estimate of drug-likeness (QED) is 0.638. The van der Waals surface area contributed by atoms with Gasteiger partial charge in [-0.3, -0.25) is 0 Å². The average molecular weight is 426 g/mol. The fourth-order valence-corrected chi connectivity index (χ4v) is 4.53. The highest BCUT2D eigenvalue weighted by atomic mass is 32.2. The zero-order chi connectivity index (χ0) is 20.9. The van der Waals surface area contributed by atoms with Crippen molar-refractivity contribution < 1.29 is 16.8 Å². The molecule has 0 spiro atoms. The first-order chi connectivity index (χ1) is 13.1. The van der Waals surface area contributed by atoms with Gasteiger partial charge < -0.3 is 4.90 Å². The Hall–Kier alpha value is -1.78. The summed E-state index contributed by atoms with van der Waals surface area (Å²) in [6, 6.07) is 13.1. The minimum absolute atomic E-state index is 0.0103. The van der Waals surface area contributed by atoms with Crippen molar-refractivity contribution in [3.8, 4) is 0 Å². The van der Waals surface area contributed by atoms with E-state index < -0.39 is 20.0 Å². The summed E-state index contributed by atoms with van der Waals surface area (Å²) in [6.45, 7) is 2.27. The highest BCUT2D eigenvalue weighted by molar-refractivity contribution is 7.90. The van der Waals surface area contributed by atoms with Crippen molar-refractivity contribution in [1.82, 2.24) is 14.3 Å². The molecule has 1 atom stereocenters. The summed E-state index contributed by atoms with van der Waals surface area (Å²) in [5.74, 6) is 0. The van der Waals surface area contributed by atoms with Crippen LogP contribution in [0.4, 0.5) is 0 Å². The van der Waals surface area contributed by atoms with E-state index in [1.807, 2.05) is 43.3 Å². The second kappa shape index (κ2) is 9.15. The Balaban J connectivity index is 2.17. The third kappa shape index (κ3) is 5.39. The predicted octanol–water partition coefficient (Wildman–Crippen LogP) is 1.74. The molecule has 0 aliphatic carbocycles. The van der Waals surface area contributed by atoms with Gasteiger partial charge in [-0.15, -0.1) is 0 Å². The van der Waals surface area contributed by atoms with Crippen molar-refractivity contribution >= 4 is 20.0 Å². The van der Waals surface area contributed by atoms with Crippen LogP contribution >= 0.6 is 0 Å². The van der Waals surface area contributed by atoms with Crippen LogP contribution in [-0.4, -0.2) is 49.4 Å². The molecule has 2 aromatic carbocycles. The molecule has 0 radical (unpaired) electrons. The maximum atomic E-state index is 12.6. The molecule has 0 aliphatic heterocycles. The third-order valence-corrected chi connectivity index (χ3v) is 7.45. The van der Waals surface area contributed by atoms with Crippen LogP contribution < -0.4 is 9.44 Å². The molecule has 2 rings (SSSR count). The predicted molar refractivity (Wildman–Crippen MR) is 110 cm³/mol. The van der Waals surface area contributed by atoms with E-state index in [1.54, 1.807) is 0 Å². The van der Waals surface area contributed by atoms with Gasteiger partial charge in [-0.1, -0.05) is 31.2 Å². The maximum absolute atomic E-state index is 12.6. The summed E-state index contributed by atoms with van der Waals surface area (Å²) in [6.07, 6.45) is 0.943. The zero-order valence-corrected chi connectivity index (χ0v) is 18.1. The van der Waals surface area contributed by atoms with Crippen molar-refractivity contribution in [3.05, 3.63) is 59.7 Å².